The van der Waals surface area contributed by atoms with Gasteiger partial charge in [-0.15, -0.1) is 0 Å². The maximum atomic E-state index is 9.44. The first-order valence-electron chi connectivity index (χ1n) is 5.72. The van der Waals surface area contributed by atoms with E-state index in [0.29, 0.717) is 17.6 Å². The van der Waals surface area contributed by atoms with Gasteiger partial charge in [0.2, 0.25) is 0 Å². The Morgan fingerprint density at radius 3 is 2.59 bits per heavy atom. The highest BCUT2D eigenvalue weighted by molar-refractivity contribution is 7.80. The van der Waals surface area contributed by atoms with Crippen LogP contribution in [0.1, 0.15) is 31.4 Å². The highest BCUT2D eigenvalue weighted by Gasteiger charge is 2.20. The zero-order valence-corrected chi connectivity index (χ0v) is 10.3. The summed E-state index contributed by atoms with van der Waals surface area (Å²) in [5.41, 5.74) is 6.13. The molecule has 0 radical (unpaired) electrons. The van der Waals surface area contributed by atoms with Crippen molar-refractivity contribution in [2.45, 2.75) is 37.8 Å². The van der Waals surface area contributed by atoms with Gasteiger partial charge in [0.1, 0.15) is 10.7 Å². The van der Waals surface area contributed by atoms with Gasteiger partial charge in [0, 0.05) is 18.4 Å². The number of aliphatic hydroxyl groups is 1. The summed E-state index contributed by atoms with van der Waals surface area (Å²) >= 11 is 4.93. The van der Waals surface area contributed by atoms with Gasteiger partial charge in [-0.05, 0) is 25.7 Å². The van der Waals surface area contributed by atoms with Gasteiger partial charge in [-0.3, -0.25) is 0 Å². The number of rotatable bonds is 3. The molecular weight excluding hydrogens is 236 g/mol. The fourth-order valence-corrected chi connectivity index (χ4v) is 2.19. The van der Waals surface area contributed by atoms with Crippen molar-refractivity contribution in [1.29, 1.82) is 0 Å². The third-order valence-corrected chi connectivity index (χ3v) is 3.16. The fraction of sp³-hybridized carbons (Fsp3) is 0.545. The van der Waals surface area contributed by atoms with Crippen LogP contribution in [-0.4, -0.2) is 32.2 Å². The van der Waals surface area contributed by atoms with Crippen molar-refractivity contribution in [3.05, 3.63) is 18.1 Å². The Morgan fingerprint density at radius 2 is 1.94 bits per heavy atom. The highest BCUT2D eigenvalue weighted by Crippen LogP contribution is 2.22. The molecule has 1 heterocycles. The molecule has 1 fully saturated rings. The monoisotopic (exact) mass is 252 g/mol. The minimum atomic E-state index is -0.162. The zero-order chi connectivity index (χ0) is 12.3. The summed E-state index contributed by atoms with van der Waals surface area (Å²) < 4.78 is 0. The quantitative estimate of drug-likeness (QED) is 0.691. The summed E-state index contributed by atoms with van der Waals surface area (Å²) in [7, 11) is 0. The van der Waals surface area contributed by atoms with Crippen molar-refractivity contribution in [2.24, 2.45) is 5.73 Å². The van der Waals surface area contributed by atoms with E-state index in [4.69, 9.17) is 18.0 Å². The van der Waals surface area contributed by atoms with Gasteiger partial charge in [0.15, 0.2) is 5.82 Å². The summed E-state index contributed by atoms with van der Waals surface area (Å²) in [5.74, 6) is 0.640. The standard InChI is InChI=1S/C11H16N4OS/c12-10(17)9-11(14-6-5-13-9)15-7-1-3-8(16)4-2-7/h5-8,16H,1-4H2,(H2,12,17)(H,14,15). The van der Waals surface area contributed by atoms with Crippen LogP contribution in [0.2, 0.25) is 0 Å². The molecule has 1 aromatic rings. The van der Waals surface area contributed by atoms with Crippen LogP contribution in [0.4, 0.5) is 5.82 Å². The Bertz CT molecular complexity index is 404. The van der Waals surface area contributed by atoms with Crippen molar-refractivity contribution in [3.63, 3.8) is 0 Å². The molecule has 1 aliphatic carbocycles. The molecule has 4 N–H and O–H groups in total. The van der Waals surface area contributed by atoms with Crippen LogP contribution >= 0.6 is 12.2 Å². The van der Waals surface area contributed by atoms with E-state index >= 15 is 0 Å². The van der Waals surface area contributed by atoms with Crippen LogP contribution < -0.4 is 11.1 Å². The van der Waals surface area contributed by atoms with Crippen LogP contribution in [0.3, 0.4) is 0 Å². The lowest BCUT2D eigenvalue weighted by molar-refractivity contribution is 0.126. The van der Waals surface area contributed by atoms with Crippen molar-refractivity contribution < 1.29 is 5.11 Å². The first-order valence-corrected chi connectivity index (χ1v) is 6.13. The lowest BCUT2D eigenvalue weighted by Crippen LogP contribution is -2.30. The summed E-state index contributed by atoms with van der Waals surface area (Å²) in [6, 6.07) is 0.309. The molecule has 1 aromatic heterocycles. The summed E-state index contributed by atoms with van der Waals surface area (Å²) in [5, 5.41) is 12.7. The summed E-state index contributed by atoms with van der Waals surface area (Å²) in [6.07, 6.45) is 6.51. The molecule has 92 valence electrons. The normalized spacial score (nSPS) is 24.3. The van der Waals surface area contributed by atoms with E-state index in [2.05, 4.69) is 15.3 Å². The summed E-state index contributed by atoms with van der Waals surface area (Å²) in [6.45, 7) is 0. The van der Waals surface area contributed by atoms with Gasteiger partial charge in [0.25, 0.3) is 0 Å². The third-order valence-electron chi connectivity index (χ3n) is 2.97. The maximum Gasteiger partial charge on any atom is 0.155 e. The van der Waals surface area contributed by atoms with Crippen LogP contribution in [-0.2, 0) is 0 Å². The first-order chi connectivity index (χ1) is 8.16. The Hall–Kier alpha value is -1.27. The Labute approximate surface area is 105 Å². The number of aliphatic hydroxyl groups excluding tert-OH is 1. The molecule has 0 bridgehead atoms. The molecular formula is C11H16N4OS. The second kappa shape index (κ2) is 5.37. The van der Waals surface area contributed by atoms with E-state index in [-0.39, 0.29) is 11.1 Å². The van der Waals surface area contributed by atoms with Crippen molar-refractivity contribution >= 4 is 23.0 Å². The minimum Gasteiger partial charge on any atom is -0.393 e. The van der Waals surface area contributed by atoms with Gasteiger partial charge >= 0.3 is 0 Å². The van der Waals surface area contributed by atoms with Crippen LogP contribution in [0, 0.1) is 0 Å². The lowest BCUT2D eigenvalue weighted by Gasteiger charge is -2.26. The van der Waals surface area contributed by atoms with Crippen molar-refractivity contribution in [3.8, 4) is 0 Å². The SMILES string of the molecule is NC(=S)c1nccnc1NC1CCC(O)CC1. The van der Waals surface area contributed by atoms with E-state index in [1.165, 1.54) is 0 Å². The zero-order valence-electron chi connectivity index (χ0n) is 9.47. The molecule has 6 heteroatoms. The molecule has 0 unspecified atom stereocenters. The molecule has 5 nitrogen and oxygen atoms in total. The average molecular weight is 252 g/mol. The molecule has 0 spiro atoms. The Balaban J connectivity index is 2.05. The molecule has 0 aliphatic heterocycles. The second-order valence-corrected chi connectivity index (χ2v) is 4.71. The third kappa shape index (κ3) is 3.10. The van der Waals surface area contributed by atoms with E-state index in [1.54, 1.807) is 12.4 Å². The van der Waals surface area contributed by atoms with Crippen LogP contribution in [0.25, 0.3) is 0 Å². The molecule has 0 aromatic carbocycles. The maximum absolute atomic E-state index is 9.44. The van der Waals surface area contributed by atoms with Gasteiger partial charge in [-0.1, -0.05) is 12.2 Å². The smallest absolute Gasteiger partial charge is 0.155 e. The first kappa shape index (κ1) is 12.2. The second-order valence-electron chi connectivity index (χ2n) is 4.27. The average Bonchev–Trinajstić information content (AvgIpc) is 2.32. The number of nitrogens with zero attached hydrogens (tertiary/aromatic N) is 2. The molecule has 2 rings (SSSR count). The Kier molecular flexibility index (Phi) is 3.86. The Morgan fingerprint density at radius 1 is 1.29 bits per heavy atom. The minimum absolute atomic E-state index is 0.162. The molecule has 17 heavy (non-hydrogen) atoms. The topological polar surface area (TPSA) is 84.1 Å². The van der Waals surface area contributed by atoms with E-state index in [9.17, 15) is 5.11 Å². The number of hydrogen-bond donors (Lipinski definition) is 3. The van der Waals surface area contributed by atoms with E-state index in [1.807, 2.05) is 0 Å². The van der Waals surface area contributed by atoms with E-state index < -0.39 is 0 Å². The largest absolute Gasteiger partial charge is 0.393 e. The van der Waals surface area contributed by atoms with E-state index in [0.717, 1.165) is 25.7 Å². The highest BCUT2D eigenvalue weighted by atomic mass is 32.1. The molecule has 0 amide bonds. The van der Waals surface area contributed by atoms with Gasteiger partial charge in [0.05, 0.1) is 6.10 Å². The number of nitrogens with two attached hydrogens (primary N) is 1. The number of hydrogen-bond acceptors (Lipinski definition) is 5. The molecule has 1 aliphatic rings. The summed E-state index contributed by atoms with van der Waals surface area (Å²) in [4.78, 5) is 8.57. The number of nitrogens with one attached hydrogen (secondary N) is 1. The van der Waals surface area contributed by atoms with Crippen LogP contribution in [0.5, 0.6) is 0 Å². The number of anilines is 1. The molecule has 0 atom stereocenters. The molecule has 0 saturated heterocycles. The predicted molar refractivity (Wildman–Crippen MR) is 69.8 cm³/mol. The van der Waals surface area contributed by atoms with Crippen molar-refractivity contribution in [2.75, 3.05) is 5.32 Å². The number of aromatic nitrogens is 2. The fourth-order valence-electron chi connectivity index (χ4n) is 2.04. The van der Waals surface area contributed by atoms with Crippen LogP contribution in [0.15, 0.2) is 12.4 Å². The van der Waals surface area contributed by atoms with Crippen molar-refractivity contribution in [1.82, 2.24) is 9.97 Å². The lowest BCUT2D eigenvalue weighted by atomic mass is 9.93. The molecule has 1 saturated carbocycles. The number of thiocarbonyl (C=S) groups is 1. The predicted octanol–water partition coefficient (Wildman–Crippen LogP) is 0.826. The van der Waals surface area contributed by atoms with Gasteiger partial charge < -0.3 is 16.2 Å². The van der Waals surface area contributed by atoms with Gasteiger partial charge in [-0.2, -0.15) is 0 Å². The van der Waals surface area contributed by atoms with Gasteiger partial charge in [-0.25, -0.2) is 9.97 Å².